The minimum absolute atomic E-state index is 0.673. The van der Waals surface area contributed by atoms with E-state index in [9.17, 15) is 0 Å². The Morgan fingerprint density at radius 3 is 2.53 bits per heavy atom. The Balaban J connectivity index is 1.55. The molecule has 2 heteroatoms. The van der Waals surface area contributed by atoms with Gasteiger partial charge in [-0.2, -0.15) is 0 Å². The molecule has 2 nitrogen and oxygen atoms in total. The SMILES string of the molecule is CC1CCC(CCc2ccc3c(c2)OCCO3)CC1. The summed E-state index contributed by atoms with van der Waals surface area (Å²) >= 11 is 0. The van der Waals surface area contributed by atoms with E-state index >= 15 is 0 Å². The summed E-state index contributed by atoms with van der Waals surface area (Å²) in [6, 6.07) is 6.42. The highest BCUT2D eigenvalue weighted by atomic mass is 16.6. The molecule has 0 atom stereocenters. The molecule has 0 N–H and O–H groups in total. The Morgan fingerprint density at radius 1 is 1.00 bits per heavy atom. The summed E-state index contributed by atoms with van der Waals surface area (Å²) in [4.78, 5) is 0. The molecule has 1 fully saturated rings. The zero-order valence-corrected chi connectivity index (χ0v) is 11.9. The summed E-state index contributed by atoms with van der Waals surface area (Å²) in [6.45, 7) is 3.74. The van der Waals surface area contributed by atoms with Crippen LogP contribution >= 0.6 is 0 Å². The minimum atomic E-state index is 0.673. The number of rotatable bonds is 3. The van der Waals surface area contributed by atoms with Crippen molar-refractivity contribution in [2.24, 2.45) is 11.8 Å². The van der Waals surface area contributed by atoms with Crippen molar-refractivity contribution in [3.05, 3.63) is 23.8 Å². The zero-order chi connectivity index (χ0) is 13.1. The highest BCUT2D eigenvalue weighted by Gasteiger charge is 2.18. The van der Waals surface area contributed by atoms with Gasteiger partial charge in [-0.3, -0.25) is 0 Å². The molecule has 0 radical (unpaired) electrons. The van der Waals surface area contributed by atoms with E-state index in [-0.39, 0.29) is 0 Å². The van der Waals surface area contributed by atoms with Gasteiger partial charge >= 0.3 is 0 Å². The van der Waals surface area contributed by atoms with Crippen molar-refractivity contribution in [3.8, 4) is 11.5 Å². The van der Waals surface area contributed by atoms with E-state index in [0.717, 1.165) is 23.3 Å². The van der Waals surface area contributed by atoms with Crippen LogP contribution in [0.4, 0.5) is 0 Å². The Morgan fingerprint density at radius 2 is 1.74 bits per heavy atom. The van der Waals surface area contributed by atoms with Crippen molar-refractivity contribution < 1.29 is 9.47 Å². The second-order valence-electron chi connectivity index (χ2n) is 6.14. The third-order valence-corrected chi connectivity index (χ3v) is 4.58. The van der Waals surface area contributed by atoms with Gasteiger partial charge < -0.3 is 9.47 Å². The second-order valence-corrected chi connectivity index (χ2v) is 6.14. The number of hydrogen-bond acceptors (Lipinski definition) is 2. The molecule has 0 unspecified atom stereocenters. The third-order valence-electron chi connectivity index (χ3n) is 4.58. The predicted octanol–water partition coefficient (Wildman–Crippen LogP) is 4.22. The predicted molar refractivity (Wildman–Crippen MR) is 76.9 cm³/mol. The fourth-order valence-corrected chi connectivity index (χ4v) is 3.23. The maximum Gasteiger partial charge on any atom is 0.161 e. The summed E-state index contributed by atoms with van der Waals surface area (Å²) in [5.41, 5.74) is 1.39. The van der Waals surface area contributed by atoms with Crippen molar-refractivity contribution >= 4 is 0 Å². The molecule has 3 rings (SSSR count). The molecule has 0 amide bonds. The average Bonchev–Trinajstić information content (AvgIpc) is 2.46. The molecule has 1 heterocycles. The lowest BCUT2D eigenvalue weighted by Crippen LogP contribution is -2.15. The van der Waals surface area contributed by atoms with Gasteiger partial charge in [0.05, 0.1) is 0 Å². The van der Waals surface area contributed by atoms with Crippen LogP contribution in [0, 0.1) is 11.8 Å². The van der Waals surface area contributed by atoms with Gasteiger partial charge in [0, 0.05) is 0 Å². The molecule has 0 aromatic heterocycles. The highest BCUT2D eigenvalue weighted by Crippen LogP contribution is 2.34. The fraction of sp³-hybridized carbons (Fsp3) is 0.647. The van der Waals surface area contributed by atoms with E-state index in [2.05, 4.69) is 25.1 Å². The van der Waals surface area contributed by atoms with E-state index in [1.54, 1.807) is 0 Å². The molecule has 1 aromatic carbocycles. The molecule has 1 saturated carbocycles. The van der Waals surface area contributed by atoms with E-state index < -0.39 is 0 Å². The van der Waals surface area contributed by atoms with Crippen LogP contribution in [0.25, 0.3) is 0 Å². The smallest absolute Gasteiger partial charge is 0.161 e. The minimum Gasteiger partial charge on any atom is -0.486 e. The number of benzene rings is 1. The van der Waals surface area contributed by atoms with Crippen molar-refractivity contribution in [3.63, 3.8) is 0 Å². The van der Waals surface area contributed by atoms with Gasteiger partial charge in [-0.1, -0.05) is 38.7 Å². The lowest BCUT2D eigenvalue weighted by molar-refractivity contribution is 0.171. The largest absolute Gasteiger partial charge is 0.486 e. The quantitative estimate of drug-likeness (QED) is 0.810. The Hall–Kier alpha value is -1.18. The van der Waals surface area contributed by atoms with Crippen LogP contribution < -0.4 is 9.47 Å². The Labute approximate surface area is 116 Å². The normalized spacial score (nSPS) is 26.2. The summed E-state index contributed by atoms with van der Waals surface area (Å²) in [5, 5.41) is 0. The van der Waals surface area contributed by atoms with Crippen LogP contribution in [0.5, 0.6) is 11.5 Å². The summed E-state index contributed by atoms with van der Waals surface area (Å²) in [7, 11) is 0. The van der Waals surface area contributed by atoms with Gasteiger partial charge in [-0.05, 0) is 42.4 Å². The summed E-state index contributed by atoms with van der Waals surface area (Å²) in [6.07, 6.45) is 8.19. The third kappa shape index (κ3) is 3.23. The van der Waals surface area contributed by atoms with Crippen molar-refractivity contribution in [1.29, 1.82) is 0 Å². The molecule has 1 aliphatic carbocycles. The standard InChI is InChI=1S/C17H24O2/c1-13-2-4-14(5-3-13)6-7-15-8-9-16-17(12-15)19-11-10-18-16/h8-9,12-14H,2-7,10-11H2,1H3. The number of aryl methyl sites for hydroxylation is 1. The molecule has 104 valence electrons. The molecule has 1 aromatic rings. The molecular weight excluding hydrogens is 236 g/mol. The van der Waals surface area contributed by atoms with Crippen molar-refractivity contribution in [2.45, 2.75) is 45.4 Å². The Kier molecular flexibility index (Phi) is 3.95. The van der Waals surface area contributed by atoms with Crippen LogP contribution in [-0.2, 0) is 6.42 Å². The lowest BCUT2D eigenvalue weighted by Gasteiger charge is -2.26. The van der Waals surface area contributed by atoms with Crippen LogP contribution in [0.2, 0.25) is 0 Å². The van der Waals surface area contributed by atoms with Crippen molar-refractivity contribution in [1.82, 2.24) is 0 Å². The summed E-state index contributed by atoms with van der Waals surface area (Å²) in [5.74, 6) is 3.72. The average molecular weight is 260 g/mol. The van der Waals surface area contributed by atoms with E-state index in [4.69, 9.17) is 9.47 Å². The van der Waals surface area contributed by atoms with Gasteiger partial charge in [-0.15, -0.1) is 0 Å². The zero-order valence-electron chi connectivity index (χ0n) is 11.9. The fourth-order valence-electron chi connectivity index (χ4n) is 3.23. The van der Waals surface area contributed by atoms with Gasteiger partial charge in [0.25, 0.3) is 0 Å². The molecule has 0 spiro atoms. The van der Waals surface area contributed by atoms with Gasteiger partial charge in [0.15, 0.2) is 11.5 Å². The lowest BCUT2D eigenvalue weighted by atomic mass is 9.80. The molecule has 2 aliphatic rings. The van der Waals surface area contributed by atoms with E-state index in [0.29, 0.717) is 13.2 Å². The highest BCUT2D eigenvalue weighted by molar-refractivity contribution is 5.43. The first-order valence-corrected chi connectivity index (χ1v) is 7.70. The van der Waals surface area contributed by atoms with Gasteiger partial charge in [0.1, 0.15) is 13.2 Å². The first-order valence-electron chi connectivity index (χ1n) is 7.70. The maximum absolute atomic E-state index is 5.64. The topological polar surface area (TPSA) is 18.5 Å². The van der Waals surface area contributed by atoms with Crippen LogP contribution in [0.3, 0.4) is 0 Å². The van der Waals surface area contributed by atoms with Gasteiger partial charge in [-0.25, -0.2) is 0 Å². The molecule has 1 aliphatic heterocycles. The number of fused-ring (bicyclic) bond motifs is 1. The van der Waals surface area contributed by atoms with Gasteiger partial charge in [0.2, 0.25) is 0 Å². The van der Waals surface area contributed by atoms with Crippen LogP contribution in [0.1, 0.15) is 44.6 Å². The van der Waals surface area contributed by atoms with Crippen molar-refractivity contribution in [2.75, 3.05) is 13.2 Å². The monoisotopic (exact) mass is 260 g/mol. The number of hydrogen-bond donors (Lipinski definition) is 0. The maximum atomic E-state index is 5.64. The molecule has 19 heavy (non-hydrogen) atoms. The molecular formula is C17H24O2. The molecule has 0 bridgehead atoms. The summed E-state index contributed by atoms with van der Waals surface area (Å²) < 4.78 is 11.2. The molecule has 0 saturated heterocycles. The Bertz CT molecular complexity index is 419. The number of ether oxygens (including phenoxy) is 2. The first kappa shape index (κ1) is 12.8. The van der Waals surface area contributed by atoms with Crippen LogP contribution in [-0.4, -0.2) is 13.2 Å². The van der Waals surface area contributed by atoms with Crippen LogP contribution in [0.15, 0.2) is 18.2 Å². The van der Waals surface area contributed by atoms with E-state index in [1.807, 2.05) is 0 Å². The second kappa shape index (κ2) is 5.85. The first-order chi connectivity index (χ1) is 9.31. The van der Waals surface area contributed by atoms with E-state index in [1.165, 1.54) is 44.1 Å².